The Morgan fingerprint density at radius 3 is 1.84 bits per heavy atom. The fourth-order valence-corrected chi connectivity index (χ4v) is 3.50. The number of carbonyl (C=O) groups is 2. The molecule has 2 N–H and O–H groups in total. The molecule has 1 fully saturated rings. The Morgan fingerprint density at radius 1 is 0.935 bits per heavy atom. The van der Waals surface area contributed by atoms with Crippen LogP contribution in [0.5, 0.6) is 0 Å². The lowest BCUT2D eigenvalue weighted by molar-refractivity contribution is -0.385. The first-order chi connectivity index (χ1) is 14.7. The van der Waals surface area contributed by atoms with Gasteiger partial charge in [-0.2, -0.15) is 0 Å². The van der Waals surface area contributed by atoms with E-state index in [1.165, 1.54) is 24.3 Å². The van der Waals surface area contributed by atoms with Gasteiger partial charge in [-0.3, -0.25) is 29.8 Å². The summed E-state index contributed by atoms with van der Waals surface area (Å²) < 4.78 is 0. The Bertz CT molecular complexity index is 1070. The molecule has 0 spiro atoms. The third-order valence-electron chi connectivity index (χ3n) is 4.81. The molecule has 0 saturated heterocycles. The van der Waals surface area contributed by atoms with E-state index in [0.717, 1.165) is 25.0 Å². The number of hydrogen-bond donors (Lipinski definition) is 2. The van der Waals surface area contributed by atoms with Gasteiger partial charge < -0.3 is 10.6 Å². The molecule has 1 atom stereocenters. The zero-order valence-electron chi connectivity index (χ0n) is 15.8. The number of rotatable bonds is 8. The summed E-state index contributed by atoms with van der Waals surface area (Å²) >= 11 is 12.0. The number of carbonyl (C=O) groups excluding carboxylic acids is 2. The summed E-state index contributed by atoms with van der Waals surface area (Å²) in [5.74, 6) is -0.888. The van der Waals surface area contributed by atoms with Crippen molar-refractivity contribution in [3.05, 3.63) is 77.8 Å². The lowest BCUT2D eigenvalue weighted by Gasteiger charge is -2.19. The topological polar surface area (TPSA) is 144 Å². The summed E-state index contributed by atoms with van der Waals surface area (Å²) in [4.78, 5) is 45.4. The van der Waals surface area contributed by atoms with Gasteiger partial charge in [-0.25, -0.2) is 0 Å². The maximum atomic E-state index is 12.6. The van der Waals surface area contributed by atoms with Crippen molar-refractivity contribution >= 4 is 46.4 Å². The van der Waals surface area contributed by atoms with E-state index in [9.17, 15) is 29.8 Å². The van der Waals surface area contributed by atoms with Crippen molar-refractivity contribution < 1.29 is 19.4 Å². The Kier molecular flexibility index (Phi) is 6.71. The lowest BCUT2D eigenvalue weighted by atomic mass is 10.1. The molecule has 12 heteroatoms. The van der Waals surface area contributed by atoms with Crippen molar-refractivity contribution in [2.45, 2.75) is 18.9 Å². The van der Waals surface area contributed by atoms with Crippen LogP contribution in [0.2, 0.25) is 10.0 Å². The van der Waals surface area contributed by atoms with E-state index in [2.05, 4.69) is 10.6 Å². The minimum atomic E-state index is -0.616. The molecule has 1 aliphatic carbocycles. The first-order valence-corrected chi connectivity index (χ1v) is 9.90. The van der Waals surface area contributed by atoms with Gasteiger partial charge >= 0.3 is 0 Å². The largest absolute Gasteiger partial charge is 0.350 e. The Balaban J connectivity index is 1.66. The molecule has 0 heterocycles. The van der Waals surface area contributed by atoms with Crippen molar-refractivity contribution in [1.82, 2.24) is 10.6 Å². The highest BCUT2D eigenvalue weighted by atomic mass is 35.5. The predicted molar refractivity (Wildman–Crippen MR) is 113 cm³/mol. The summed E-state index contributed by atoms with van der Waals surface area (Å²) in [5.41, 5.74) is -0.300. The highest BCUT2D eigenvalue weighted by Crippen LogP contribution is 2.33. The van der Waals surface area contributed by atoms with E-state index >= 15 is 0 Å². The van der Waals surface area contributed by atoms with Crippen LogP contribution in [0, 0.1) is 26.1 Å². The van der Waals surface area contributed by atoms with Crippen LogP contribution in [0.1, 0.15) is 33.6 Å². The average Bonchev–Trinajstić information content (AvgIpc) is 3.55. The number of benzene rings is 2. The van der Waals surface area contributed by atoms with Gasteiger partial charge in [-0.05, 0) is 30.9 Å². The standard InChI is InChI=1S/C19H16Cl2N4O6/c20-15-7-11(24(28)29)3-5-13(15)18(26)22-9-17(10-1-2-10)23-19(27)14-6-4-12(25(30)31)8-16(14)21/h3-8,10,17H,1-2,9H2,(H,22,26)(H,23,27). The van der Waals surface area contributed by atoms with Gasteiger partial charge in [0.25, 0.3) is 23.2 Å². The molecule has 0 aliphatic heterocycles. The van der Waals surface area contributed by atoms with Crippen molar-refractivity contribution in [2.75, 3.05) is 6.54 Å². The van der Waals surface area contributed by atoms with Crippen LogP contribution in [-0.2, 0) is 0 Å². The second-order valence-electron chi connectivity index (χ2n) is 6.97. The number of nitro groups is 2. The van der Waals surface area contributed by atoms with Crippen LogP contribution >= 0.6 is 23.2 Å². The Hall–Kier alpha value is -3.24. The quantitative estimate of drug-likeness (QED) is 0.447. The molecule has 0 aromatic heterocycles. The number of non-ortho nitro benzene ring substituents is 2. The smallest absolute Gasteiger partial charge is 0.270 e. The molecule has 1 saturated carbocycles. The molecule has 0 bridgehead atoms. The number of hydrogen-bond acceptors (Lipinski definition) is 6. The molecular formula is C19H16Cl2N4O6. The van der Waals surface area contributed by atoms with Gasteiger partial charge in [0, 0.05) is 36.9 Å². The van der Waals surface area contributed by atoms with Crippen molar-refractivity contribution in [1.29, 1.82) is 0 Å². The second kappa shape index (κ2) is 9.27. The maximum Gasteiger partial charge on any atom is 0.270 e. The highest BCUT2D eigenvalue weighted by molar-refractivity contribution is 6.34. The molecule has 31 heavy (non-hydrogen) atoms. The van der Waals surface area contributed by atoms with Crippen molar-refractivity contribution in [3.63, 3.8) is 0 Å². The van der Waals surface area contributed by atoms with E-state index in [1.54, 1.807) is 0 Å². The van der Waals surface area contributed by atoms with Gasteiger partial charge in [0.2, 0.25) is 0 Å². The number of amides is 2. The number of nitrogens with one attached hydrogen (secondary N) is 2. The van der Waals surface area contributed by atoms with Gasteiger partial charge in [0.05, 0.1) is 31.0 Å². The maximum absolute atomic E-state index is 12.6. The fourth-order valence-electron chi connectivity index (χ4n) is 2.98. The first-order valence-electron chi connectivity index (χ1n) is 9.14. The molecule has 3 rings (SSSR count). The monoisotopic (exact) mass is 466 g/mol. The molecule has 1 aliphatic rings. The molecule has 2 amide bonds. The zero-order chi connectivity index (χ0) is 22.7. The van der Waals surface area contributed by atoms with Crippen LogP contribution in [0.3, 0.4) is 0 Å². The van der Waals surface area contributed by atoms with E-state index in [4.69, 9.17) is 23.2 Å². The molecular weight excluding hydrogens is 451 g/mol. The van der Waals surface area contributed by atoms with Gasteiger partial charge in [0.1, 0.15) is 0 Å². The fraction of sp³-hybridized carbons (Fsp3) is 0.263. The lowest BCUT2D eigenvalue weighted by Crippen LogP contribution is -2.45. The van der Waals surface area contributed by atoms with Gasteiger partial charge in [-0.15, -0.1) is 0 Å². The molecule has 0 radical (unpaired) electrons. The normalized spacial score (nSPS) is 13.9. The second-order valence-corrected chi connectivity index (χ2v) is 7.78. The number of halogens is 2. The molecule has 10 nitrogen and oxygen atoms in total. The minimum absolute atomic E-state index is 0.0528. The Morgan fingerprint density at radius 2 is 1.42 bits per heavy atom. The van der Waals surface area contributed by atoms with Crippen LogP contribution in [0.25, 0.3) is 0 Å². The van der Waals surface area contributed by atoms with Crippen LogP contribution in [-0.4, -0.2) is 34.2 Å². The van der Waals surface area contributed by atoms with E-state index in [-0.39, 0.29) is 51.1 Å². The SMILES string of the molecule is O=C(NCC(NC(=O)c1ccc([N+](=O)[O-])cc1Cl)C1CC1)c1ccc([N+](=O)[O-])cc1Cl. The van der Waals surface area contributed by atoms with Crippen molar-refractivity contribution in [2.24, 2.45) is 5.92 Å². The summed E-state index contributed by atoms with van der Waals surface area (Å²) in [6, 6.07) is 6.70. The third-order valence-corrected chi connectivity index (χ3v) is 5.43. The van der Waals surface area contributed by atoms with E-state index in [1.807, 2.05) is 0 Å². The average molecular weight is 467 g/mol. The van der Waals surface area contributed by atoms with E-state index in [0.29, 0.717) is 0 Å². The zero-order valence-corrected chi connectivity index (χ0v) is 17.4. The minimum Gasteiger partial charge on any atom is -0.350 e. The van der Waals surface area contributed by atoms with Crippen LogP contribution in [0.4, 0.5) is 11.4 Å². The summed E-state index contributed by atoms with van der Waals surface area (Å²) in [7, 11) is 0. The summed E-state index contributed by atoms with van der Waals surface area (Å²) in [5, 5.41) is 27.0. The van der Waals surface area contributed by atoms with Gasteiger partial charge in [0.15, 0.2) is 0 Å². The molecule has 2 aromatic carbocycles. The van der Waals surface area contributed by atoms with Crippen LogP contribution in [0.15, 0.2) is 36.4 Å². The van der Waals surface area contributed by atoms with Crippen LogP contribution < -0.4 is 10.6 Å². The number of nitrogens with zero attached hydrogens (tertiary/aromatic N) is 2. The first kappa shape index (κ1) is 22.4. The highest BCUT2D eigenvalue weighted by Gasteiger charge is 2.33. The van der Waals surface area contributed by atoms with E-state index < -0.39 is 21.7 Å². The molecule has 162 valence electrons. The summed E-state index contributed by atoms with van der Waals surface area (Å²) in [6.07, 6.45) is 1.74. The molecule has 1 unspecified atom stereocenters. The van der Waals surface area contributed by atoms with Crippen molar-refractivity contribution in [3.8, 4) is 0 Å². The number of nitro benzene ring substituents is 2. The molecule has 2 aromatic rings. The predicted octanol–water partition coefficient (Wildman–Crippen LogP) is 3.75. The third kappa shape index (κ3) is 5.47. The Labute approximate surface area is 185 Å². The summed E-state index contributed by atoms with van der Waals surface area (Å²) in [6.45, 7) is 0.104. The van der Waals surface area contributed by atoms with Gasteiger partial charge in [-0.1, -0.05) is 23.2 Å².